The second-order valence-electron chi connectivity index (χ2n) is 6.61. The van der Waals surface area contributed by atoms with E-state index in [2.05, 4.69) is 18.0 Å². The van der Waals surface area contributed by atoms with Gasteiger partial charge in [0.2, 0.25) is 0 Å². The van der Waals surface area contributed by atoms with E-state index >= 15 is 0 Å². The average Bonchev–Trinajstić information content (AvgIpc) is 2.60. The third-order valence-corrected chi connectivity index (χ3v) is 4.66. The van der Waals surface area contributed by atoms with Crippen molar-refractivity contribution in [2.45, 2.75) is 19.8 Å². The second kappa shape index (κ2) is 6.13. The molecule has 25 heavy (non-hydrogen) atoms. The van der Waals surface area contributed by atoms with Crippen LogP contribution in [-0.2, 0) is 6.42 Å². The lowest BCUT2D eigenvalue weighted by Crippen LogP contribution is -2.17. The van der Waals surface area contributed by atoms with Crippen molar-refractivity contribution in [3.05, 3.63) is 71.2 Å². The summed E-state index contributed by atoms with van der Waals surface area (Å²) in [6, 6.07) is 11.4. The fourth-order valence-corrected chi connectivity index (χ4v) is 3.64. The maximum atomic E-state index is 12.0. The summed E-state index contributed by atoms with van der Waals surface area (Å²) in [5, 5.41) is 10.6. The Bertz CT molecular complexity index is 993. The van der Waals surface area contributed by atoms with E-state index in [9.17, 15) is 9.90 Å². The van der Waals surface area contributed by atoms with Crippen LogP contribution in [0.5, 0.6) is 0 Å². The number of aromatic nitrogens is 2. The van der Waals surface area contributed by atoms with Gasteiger partial charge in [0.1, 0.15) is 0 Å². The van der Waals surface area contributed by atoms with Gasteiger partial charge in [-0.1, -0.05) is 31.2 Å². The van der Waals surface area contributed by atoms with E-state index in [0.717, 1.165) is 40.8 Å². The normalized spacial score (nSPS) is 18.3. The van der Waals surface area contributed by atoms with E-state index in [1.807, 2.05) is 42.6 Å². The van der Waals surface area contributed by atoms with Gasteiger partial charge in [0.15, 0.2) is 0 Å². The number of fused-ring (bicyclic) bond motifs is 2. The summed E-state index contributed by atoms with van der Waals surface area (Å²) in [7, 11) is 0. The lowest BCUT2D eigenvalue weighted by Gasteiger charge is -2.26. The molecule has 0 spiro atoms. The SMILES string of the molecule is CC1C/C(=C/c2cccnc2)c2nc3ccccc3c(C(=O)O)c2C1. The van der Waals surface area contributed by atoms with Gasteiger partial charge in [-0.15, -0.1) is 0 Å². The molecule has 1 unspecified atom stereocenters. The van der Waals surface area contributed by atoms with E-state index < -0.39 is 5.97 Å². The molecule has 2 aromatic heterocycles. The molecule has 0 fully saturated rings. The Morgan fingerprint density at radius 3 is 2.80 bits per heavy atom. The van der Waals surface area contributed by atoms with E-state index in [1.165, 1.54) is 0 Å². The van der Waals surface area contributed by atoms with Crippen LogP contribution in [0.25, 0.3) is 22.6 Å². The summed E-state index contributed by atoms with van der Waals surface area (Å²) in [6.07, 6.45) is 7.25. The van der Waals surface area contributed by atoms with Gasteiger partial charge in [0, 0.05) is 17.8 Å². The van der Waals surface area contributed by atoms with E-state index in [4.69, 9.17) is 4.98 Å². The zero-order valence-electron chi connectivity index (χ0n) is 13.9. The number of nitrogens with zero attached hydrogens (tertiary/aromatic N) is 2. The van der Waals surface area contributed by atoms with E-state index in [-0.39, 0.29) is 0 Å². The monoisotopic (exact) mass is 330 g/mol. The minimum absolute atomic E-state index is 0.372. The zero-order valence-corrected chi connectivity index (χ0v) is 13.9. The molecule has 1 aliphatic carbocycles. The van der Waals surface area contributed by atoms with Crippen molar-refractivity contribution in [1.29, 1.82) is 0 Å². The number of hydrogen-bond acceptors (Lipinski definition) is 3. The van der Waals surface area contributed by atoms with Crippen LogP contribution in [0.3, 0.4) is 0 Å². The van der Waals surface area contributed by atoms with Gasteiger partial charge in [0.25, 0.3) is 0 Å². The summed E-state index contributed by atoms with van der Waals surface area (Å²) < 4.78 is 0. The van der Waals surface area contributed by atoms with Gasteiger partial charge in [-0.3, -0.25) is 4.98 Å². The molecule has 0 aliphatic heterocycles. The standard InChI is InChI=1S/C21H18N2O2/c1-13-9-15(11-14-5-4-8-22-12-14)20-17(10-13)19(21(24)25)16-6-2-3-7-18(16)23-20/h2-8,11-13H,9-10H2,1H3,(H,24,25)/b15-11-. The Hall–Kier alpha value is -3.01. The van der Waals surface area contributed by atoms with Crippen LogP contribution in [0, 0.1) is 5.92 Å². The fraction of sp³-hybridized carbons (Fsp3) is 0.190. The number of para-hydroxylation sites is 1. The van der Waals surface area contributed by atoms with Crippen LogP contribution in [-0.4, -0.2) is 21.0 Å². The van der Waals surface area contributed by atoms with Crippen LogP contribution in [0.15, 0.2) is 48.8 Å². The number of aromatic carboxylic acids is 1. The molecule has 4 heteroatoms. The predicted molar refractivity (Wildman–Crippen MR) is 98.3 cm³/mol. The van der Waals surface area contributed by atoms with Crippen molar-refractivity contribution >= 4 is 28.5 Å². The van der Waals surface area contributed by atoms with Crippen LogP contribution in [0.2, 0.25) is 0 Å². The van der Waals surface area contributed by atoms with Crippen LogP contribution in [0.1, 0.15) is 40.5 Å². The van der Waals surface area contributed by atoms with Gasteiger partial charge in [-0.25, -0.2) is 9.78 Å². The minimum Gasteiger partial charge on any atom is -0.478 e. The molecule has 4 rings (SSSR count). The first-order valence-corrected chi connectivity index (χ1v) is 8.39. The Balaban J connectivity index is 2.00. The van der Waals surface area contributed by atoms with Gasteiger partial charge < -0.3 is 5.11 Å². The molecule has 0 bridgehead atoms. The molecule has 2 heterocycles. The Morgan fingerprint density at radius 1 is 1.20 bits per heavy atom. The molecule has 0 saturated carbocycles. The Labute approximate surface area is 145 Å². The number of carboxylic acid groups (broad SMARTS) is 1. The Morgan fingerprint density at radius 2 is 2.04 bits per heavy atom. The van der Waals surface area contributed by atoms with E-state index in [1.54, 1.807) is 6.20 Å². The third-order valence-electron chi connectivity index (χ3n) is 4.66. The molecule has 3 aromatic rings. The average molecular weight is 330 g/mol. The fourth-order valence-electron chi connectivity index (χ4n) is 3.64. The molecule has 124 valence electrons. The molecule has 0 saturated heterocycles. The highest BCUT2D eigenvalue weighted by Crippen LogP contribution is 2.38. The molecule has 1 aliphatic rings. The maximum Gasteiger partial charge on any atom is 0.336 e. The van der Waals surface area contributed by atoms with Crippen molar-refractivity contribution in [2.75, 3.05) is 0 Å². The molecular formula is C21H18N2O2. The van der Waals surface area contributed by atoms with Crippen LogP contribution < -0.4 is 0 Å². The number of hydrogen-bond donors (Lipinski definition) is 1. The summed E-state index contributed by atoms with van der Waals surface area (Å²) in [4.78, 5) is 21.0. The number of pyridine rings is 2. The van der Waals surface area contributed by atoms with Gasteiger partial charge in [-0.05, 0) is 53.7 Å². The predicted octanol–water partition coefficient (Wildman–Crippen LogP) is 4.45. The lowest BCUT2D eigenvalue weighted by atomic mass is 9.80. The topological polar surface area (TPSA) is 63.1 Å². The molecule has 0 radical (unpaired) electrons. The third kappa shape index (κ3) is 2.80. The minimum atomic E-state index is -0.885. The molecule has 0 amide bonds. The Kier molecular flexibility index (Phi) is 3.80. The quantitative estimate of drug-likeness (QED) is 0.754. The van der Waals surface area contributed by atoms with Crippen molar-refractivity contribution in [1.82, 2.24) is 9.97 Å². The van der Waals surface area contributed by atoms with Crippen molar-refractivity contribution in [3.63, 3.8) is 0 Å². The summed E-state index contributed by atoms with van der Waals surface area (Å²) in [5.74, 6) is -0.513. The van der Waals surface area contributed by atoms with Gasteiger partial charge in [0.05, 0.1) is 16.8 Å². The largest absolute Gasteiger partial charge is 0.478 e. The van der Waals surface area contributed by atoms with Crippen molar-refractivity contribution in [3.8, 4) is 0 Å². The number of carboxylic acids is 1. The molecule has 1 N–H and O–H groups in total. The molecule has 1 atom stereocenters. The summed E-state index contributed by atoms with van der Waals surface area (Å²) in [5.41, 5.74) is 4.87. The van der Waals surface area contributed by atoms with Crippen LogP contribution in [0.4, 0.5) is 0 Å². The first-order valence-electron chi connectivity index (χ1n) is 8.39. The molecular weight excluding hydrogens is 312 g/mol. The summed E-state index contributed by atoms with van der Waals surface area (Å²) >= 11 is 0. The van der Waals surface area contributed by atoms with Gasteiger partial charge in [-0.2, -0.15) is 0 Å². The van der Waals surface area contributed by atoms with Crippen LogP contribution >= 0.6 is 0 Å². The first-order chi connectivity index (χ1) is 12.1. The van der Waals surface area contributed by atoms with Crippen molar-refractivity contribution < 1.29 is 9.90 Å². The molecule has 4 nitrogen and oxygen atoms in total. The van der Waals surface area contributed by atoms with E-state index in [0.29, 0.717) is 16.9 Å². The molecule has 1 aromatic carbocycles. The highest BCUT2D eigenvalue weighted by Gasteiger charge is 2.27. The number of carbonyl (C=O) groups is 1. The van der Waals surface area contributed by atoms with Crippen molar-refractivity contribution in [2.24, 2.45) is 5.92 Å². The summed E-state index contributed by atoms with van der Waals surface area (Å²) in [6.45, 7) is 2.15. The first kappa shape index (κ1) is 15.5. The number of allylic oxidation sites excluding steroid dienone is 1. The number of rotatable bonds is 2. The number of benzene rings is 1. The smallest absolute Gasteiger partial charge is 0.336 e. The maximum absolute atomic E-state index is 12.0. The highest BCUT2D eigenvalue weighted by molar-refractivity contribution is 6.05. The second-order valence-corrected chi connectivity index (χ2v) is 6.61. The lowest BCUT2D eigenvalue weighted by molar-refractivity contribution is 0.0697. The zero-order chi connectivity index (χ0) is 17.4. The van der Waals surface area contributed by atoms with Gasteiger partial charge >= 0.3 is 5.97 Å². The highest BCUT2D eigenvalue weighted by atomic mass is 16.4.